The number of anilines is 1. The molecule has 1 amide bonds. The summed E-state index contributed by atoms with van der Waals surface area (Å²) in [5.74, 6) is -2.89. The first-order chi connectivity index (χ1) is 11.0. The number of rotatable bonds is 3. The molecule has 6 nitrogen and oxygen atoms in total. The summed E-state index contributed by atoms with van der Waals surface area (Å²) < 4.78 is 64.6. The lowest BCUT2D eigenvalue weighted by Crippen LogP contribution is -2.29. The van der Waals surface area contributed by atoms with Crippen LogP contribution in [-0.4, -0.2) is 33.1 Å². The van der Waals surface area contributed by atoms with Gasteiger partial charge in [-0.05, 0) is 29.8 Å². The van der Waals surface area contributed by atoms with E-state index in [-0.39, 0.29) is 29.9 Å². The lowest BCUT2D eigenvalue weighted by molar-refractivity contribution is -0.167. The first kappa shape index (κ1) is 18.3. The number of ether oxygens (including phenoxy) is 1. The van der Waals surface area contributed by atoms with Crippen molar-refractivity contribution in [2.45, 2.75) is 17.5 Å². The predicted molar refractivity (Wildman–Crippen MR) is 77.7 cm³/mol. The highest BCUT2D eigenvalue weighted by atomic mass is 35.7. The average Bonchev–Trinajstić information content (AvgIpc) is 2.82. The molecule has 1 fully saturated rings. The Kier molecular flexibility index (Phi) is 4.90. The average molecular weight is 384 g/mol. The highest BCUT2D eigenvalue weighted by Gasteiger charge is 2.38. The van der Waals surface area contributed by atoms with Crippen molar-refractivity contribution >= 4 is 43.4 Å². The molecule has 130 valence electrons. The fraction of sp³-hybridized carbons (Fsp3) is 0.231. The summed E-state index contributed by atoms with van der Waals surface area (Å²) >= 11 is 0. The minimum atomic E-state index is -5.11. The summed E-state index contributed by atoms with van der Waals surface area (Å²) in [5.41, 5.74) is -0.311. The second-order valence-electron chi connectivity index (χ2n) is 4.70. The second kappa shape index (κ2) is 6.44. The van der Waals surface area contributed by atoms with E-state index in [9.17, 15) is 31.2 Å². The molecule has 0 bridgehead atoms. The zero-order valence-electron chi connectivity index (χ0n) is 11.7. The molecule has 0 aromatic heterocycles. The van der Waals surface area contributed by atoms with E-state index >= 15 is 0 Å². The molecule has 24 heavy (non-hydrogen) atoms. The predicted octanol–water partition coefficient (Wildman–Crippen LogP) is 2.45. The largest absolute Gasteiger partial charge is 0.471 e. The molecule has 11 heteroatoms. The van der Waals surface area contributed by atoms with Gasteiger partial charge in [0.2, 0.25) is 0 Å². The molecule has 0 unspecified atom stereocenters. The monoisotopic (exact) mass is 383 g/mol. The molecule has 1 aromatic rings. The number of hydrogen-bond acceptors (Lipinski definition) is 5. The Morgan fingerprint density at radius 3 is 2.50 bits per heavy atom. The molecule has 2 rings (SSSR count). The van der Waals surface area contributed by atoms with Gasteiger partial charge in [0.15, 0.2) is 0 Å². The van der Waals surface area contributed by atoms with E-state index < -0.39 is 32.0 Å². The molecule has 0 radical (unpaired) electrons. The first-order valence-corrected chi connectivity index (χ1v) is 8.64. The van der Waals surface area contributed by atoms with E-state index in [0.717, 1.165) is 24.3 Å². The number of hydrogen-bond donors (Lipinski definition) is 1. The number of alkyl halides is 3. The van der Waals surface area contributed by atoms with Crippen LogP contribution in [0.25, 0.3) is 6.08 Å². The minimum Gasteiger partial charge on any atom is -0.462 e. The number of amides is 1. The highest BCUT2D eigenvalue weighted by molar-refractivity contribution is 8.13. The lowest BCUT2D eigenvalue weighted by Gasteiger charge is -2.10. The molecule has 1 aliphatic heterocycles. The number of cyclic esters (lactones) is 1. The third-order valence-electron chi connectivity index (χ3n) is 2.98. The Hall–Kier alpha value is -2.07. The van der Waals surface area contributed by atoms with Crippen LogP contribution in [0.15, 0.2) is 28.7 Å². The van der Waals surface area contributed by atoms with Gasteiger partial charge in [0.05, 0.1) is 11.5 Å². The Bertz CT molecular complexity index is 832. The van der Waals surface area contributed by atoms with Crippen molar-refractivity contribution < 1.29 is 35.9 Å². The van der Waals surface area contributed by atoms with Crippen molar-refractivity contribution in [3.8, 4) is 0 Å². The summed E-state index contributed by atoms with van der Waals surface area (Å²) in [4.78, 5) is 22.0. The van der Waals surface area contributed by atoms with Crippen LogP contribution in [0.3, 0.4) is 0 Å². The number of halogens is 4. The number of carbonyl (C=O) groups excluding carboxylic acids is 2. The van der Waals surface area contributed by atoms with Crippen LogP contribution in [0.1, 0.15) is 12.0 Å². The van der Waals surface area contributed by atoms with Gasteiger partial charge in [0.25, 0.3) is 9.05 Å². The third-order valence-corrected chi connectivity index (χ3v) is 4.38. The van der Waals surface area contributed by atoms with Gasteiger partial charge in [-0.2, -0.15) is 13.2 Å². The van der Waals surface area contributed by atoms with E-state index in [1.807, 2.05) is 0 Å². The van der Waals surface area contributed by atoms with Crippen LogP contribution in [0, 0.1) is 0 Å². The van der Waals surface area contributed by atoms with Crippen molar-refractivity contribution in [3.05, 3.63) is 29.3 Å². The van der Waals surface area contributed by atoms with Gasteiger partial charge in [-0.15, -0.1) is 0 Å². The summed E-state index contributed by atoms with van der Waals surface area (Å²) in [6.45, 7) is 0.109. The molecule has 1 aromatic carbocycles. The smallest absolute Gasteiger partial charge is 0.462 e. The van der Waals surface area contributed by atoms with Crippen molar-refractivity contribution in [1.29, 1.82) is 0 Å². The maximum Gasteiger partial charge on any atom is 0.471 e. The van der Waals surface area contributed by atoms with Crippen molar-refractivity contribution in [2.75, 3.05) is 11.9 Å². The summed E-state index contributed by atoms with van der Waals surface area (Å²) in [5, 5.41) is 1.59. The molecule has 0 atom stereocenters. The molecular formula is C13H9ClF3NO5S. The molecule has 0 aliphatic carbocycles. The Morgan fingerprint density at radius 1 is 1.33 bits per heavy atom. The van der Waals surface area contributed by atoms with E-state index in [4.69, 9.17) is 15.4 Å². The van der Waals surface area contributed by atoms with Crippen LogP contribution < -0.4 is 5.32 Å². The lowest BCUT2D eigenvalue weighted by atomic mass is 10.1. The number of carbonyl (C=O) groups is 2. The molecule has 1 aliphatic rings. The fourth-order valence-electron chi connectivity index (χ4n) is 1.93. The Balaban J connectivity index is 2.47. The second-order valence-corrected chi connectivity index (χ2v) is 7.23. The van der Waals surface area contributed by atoms with Crippen LogP contribution in [0.2, 0.25) is 0 Å². The van der Waals surface area contributed by atoms with Crippen molar-refractivity contribution in [3.63, 3.8) is 0 Å². The molecule has 0 spiro atoms. The van der Waals surface area contributed by atoms with Gasteiger partial charge in [0, 0.05) is 28.4 Å². The summed E-state index contributed by atoms with van der Waals surface area (Å²) in [6.07, 6.45) is -3.75. The van der Waals surface area contributed by atoms with Gasteiger partial charge < -0.3 is 10.1 Å². The SMILES string of the molecule is O=C1OCC/C1=C/c1cc(NC(=O)C(F)(F)F)ccc1S(=O)(=O)Cl. The van der Waals surface area contributed by atoms with Gasteiger partial charge in [-0.3, -0.25) is 4.79 Å². The van der Waals surface area contributed by atoms with Gasteiger partial charge in [-0.1, -0.05) is 0 Å². The number of nitrogens with one attached hydrogen (secondary N) is 1. The van der Waals surface area contributed by atoms with Crippen molar-refractivity contribution in [2.24, 2.45) is 0 Å². The standard InChI is InChI=1S/C13H9ClF3NO5S/c14-24(21,22)10-2-1-9(18-12(20)13(15,16)17)6-8(10)5-7-3-4-23-11(7)19/h1-2,5-6H,3-4H2,(H,18,20)/b7-5-. The molecule has 1 N–H and O–H groups in total. The first-order valence-electron chi connectivity index (χ1n) is 6.33. The van der Waals surface area contributed by atoms with E-state index in [1.54, 1.807) is 5.32 Å². The topological polar surface area (TPSA) is 89.5 Å². The van der Waals surface area contributed by atoms with Gasteiger partial charge >= 0.3 is 18.1 Å². The van der Waals surface area contributed by atoms with Gasteiger partial charge in [-0.25, -0.2) is 13.2 Å². The van der Waals surface area contributed by atoms with E-state index in [2.05, 4.69) is 0 Å². The minimum absolute atomic E-state index is 0.109. The zero-order valence-corrected chi connectivity index (χ0v) is 13.3. The van der Waals surface area contributed by atoms with Crippen LogP contribution in [0.4, 0.5) is 18.9 Å². The maximum atomic E-state index is 12.3. The molecule has 0 saturated carbocycles. The summed E-state index contributed by atoms with van der Waals surface area (Å²) in [7, 11) is 1.05. The van der Waals surface area contributed by atoms with Crippen LogP contribution >= 0.6 is 10.7 Å². The fourth-order valence-corrected chi connectivity index (χ4v) is 2.98. The summed E-state index contributed by atoms with van der Waals surface area (Å²) in [6, 6.07) is 2.85. The van der Waals surface area contributed by atoms with Crippen molar-refractivity contribution in [1.82, 2.24) is 0 Å². The maximum absolute atomic E-state index is 12.3. The quantitative estimate of drug-likeness (QED) is 0.492. The molecule has 1 heterocycles. The van der Waals surface area contributed by atoms with Crippen LogP contribution in [-0.2, 0) is 23.4 Å². The number of esters is 1. The third kappa shape index (κ3) is 4.26. The zero-order chi connectivity index (χ0) is 18.1. The Labute approximate surface area is 138 Å². The normalized spacial score (nSPS) is 17.0. The molecular weight excluding hydrogens is 375 g/mol. The molecule has 1 saturated heterocycles. The Morgan fingerprint density at radius 2 is 2.00 bits per heavy atom. The van der Waals surface area contributed by atoms with Gasteiger partial charge in [0.1, 0.15) is 0 Å². The van der Waals surface area contributed by atoms with E-state index in [0.29, 0.717) is 0 Å². The van der Waals surface area contributed by atoms with Crippen LogP contribution in [0.5, 0.6) is 0 Å². The number of benzene rings is 1. The highest BCUT2D eigenvalue weighted by Crippen LogP contribution is 2.28. The van der Waals surface area contributed by atoms with E-state index in [1.165, 1.54) is 0 Å².